The van der Waals surface area contributed by atoms with Gasteiger partial charge in [0.05, 0.1) is 35.6 Å². The van der Waals surface area contributed by atoms with Crippen molar-refractivity contribution >= 4 is 15.9 Å². The first-order valence-electron chi connectivity index (χ1n) is 6.57. The van der Waals surface area contributed by atoms with Gasteiger partial charge in [-0.3, -0.25) is 4.68 Å². The fourth-order valence-electron chi connectivity index (χ4n) is 2.28. The summed E-state index contributed by atoms with van der Waals surface area (Å²) in [6.07, 6.45) is 1.79. The molecule has 0 radical (unpaired) electrons. The van der Waals surface area contributed by atoms with Gasteiger partial charge in [0.25, 0.3) is 0 Å². The van der Waals surface area contributed by atoms with Crippen LogP contribution < -0.4 is 5.73 Å². The second kappa shape index (κ2) is 6.52. The number of benzene rings is 1. The van der Waals surface area contributed by atoms with E-state index in [1.165, 1.54) is 11.1 Å². The molecular weight excluding hydrogens is 318 g/mol. The fraction of sp³-hybridized carbons (Fsp3) is 0.400. The van der Waals surface area contributed by atoms with Gasteiger partial charge in [0.15, 0.2) is 0 Å². The Balaban J connectivity index is 2.39. The Kier molecular flexibility index (Phi) is 4.96. The maximum Gasteiger partial charge on any atom is 0.0740 e. The molecule has 1 aromatic heterocycles. The van der Waals surface area contributed by atoms with E-state index in [-0.39, 0.29) is 6.04 Å². The highest BCUT2D eigenvalue weighted by Gasteiger charge is 2.19. The van der Waals surface area contributed by atoms with Gasteiger partial charge < -0.3 is 10.5 Å². The SMILES string of the molecule is COCCn1ncc(Br)c1C(N)c1cc(C)ccc1C. The van der Waals surface area contributed by atoms with E-state index >= 15 is 0 Å². The Morgan fingerprint density at radius 2 is 2.15 bits per heavy atom. The Hall–Kier alpha value is -1.17. The molecule has 0 fully saturated rings. The zero-order valence-electron chi connectivity index (χ0n) is 12.1. The number of nitrogens with zero attached hydrogens (tertiary/aromatic N) is 2. The smallest absolute Gasteiger partial charge is 0.0740 e. The Morgan fingerprint density at radius 3 is 2.85 bits per heavy atom. The van der Waals surface area contributed by atoms with E-state index in [0.29, 0.717) is 13.2 Å². The molecule has 2 rings (SSSR count). The molecule has 0 aliphatic heterocycles. The van der Waals surface area contributed by atoms with Crippen LogP contribution in [0.5, 0.6) is 0 Å². The monoisotopic (exact) mass is 337 g/mol. The summed E-state index contributed by atoms with van der Waals surface area (Å²) in [4.78, 5) is 0. The topological polar surface area (TPSA) is 53.1 Å². The standard InChI is InChI=1S/C15H20BrN3O/c1-10-4-5-11(2)12(8-10)14(17)15-13(16)9-18-19(15)6-7-20-3/h4-5,8-9,14H,6-7,17H2,1-3H3. The summed E-state index contributed by atoms with van der Waals surface area (Å²) in [5, 5.41) is 4.36. The second-order valence-corrected chi connectivity index (χ2v) is 5.79. The van der Waals surface area contributed by atoms with Gasteiger partial charge in [-0.25, -0.2) is 0 Å². The summed E-state index contributed by atoms with van der Waals surface area (Å²) in [5.74, 6) is 0. The number of nitrogens with two attached hydrogens (primary N) is 1. The first-order chi connectivity index (χ1) is 9.54. The molecule has 2 aromatic rings. The Morgan fingerprint density at radius 1 is 1.40 bits per heavy atom. The molecule has 20 heavy (non-hydrogen) atoms. The Bertz CT molecular complexity index is 595. The molecular formula is C15H20BrN3O. The molecule has 5 heteroatoms. The van der Waals surface area contributed by atoms with Gasteiger partial charge in [0.2, 0.25) is 0 Å². The van der Waals surface area contributed by atoms with Crippen molar-refractivity contribution in [1.29, 1.82) is 0 Å². The maximum atomic E-state index is 6.47. The highest BCUT2D eigenvalue weighted by molar-refractivity contribution is 9.10. The molecule has 1 unspecified atom stereocenters. The van der Waals surface area contributed by atoms with Crippen LogP contribution >= 0.6 is 15.9 Å². The number of aromatic nitrogens is 2. The highest BCUT2D eigenvalue weighted by atomic mass is 79.9. The molecule has 0 bridgehead atoms. The lowest BCUT2D eigenvalue weighted by molar-refractivity contribution is 0.182. The van der Waals surface area contributed by atoms with E-state index in [4.69, 9.17) is 10.5 Å². The van der Waals surface area contributed by atoms with Crippen molar-refractivity contribution in [2.45, 2.75) is 26.4 Å². The van der Waals surface area contributed by atoms with Gasteiger partial charge in [-0.05, 0) is 40.9 Å². The summed E-state index contributed by atoms with van der Waals surface area (Å²) < 4.78 is 7.96. The first-order valence-corrected chi connectivity index (χ1v) is 7.36. The van der Waals surface area contributed by atoms with Crippen molar-refractivity contribution in [1.82, 2.24) is 9.78 Å². The molecule has 1 atom stereocenters. The molecule has 0 spiro atoms. The van der Waals surface area contributed by atoms with E-state index in [0.717, 1.165) is 15.7 Å². The van der Waals surface area contributed by atoms with Crippen LogP contribution in [0, 0.1) is 13.8 Å². The fourth-order valence-corrected chi connectivity index (χ4v) is 2.82. The summed E-state index contributed by atoms with van der Waals surface area (Å²) in [6.45, 7) is 5.46. The zero-order valence-corrected chi connectivity index (χ0v) is 13.6. The van der Waals surface area contributed by atoms with Crippen LogP contribution in [0.4, 0.5) is 0 Å². The lowest BCUT2D eigenvalue weighted by Crippen LogP contribution is -2.20. The highest BCUT2D eigenvalue weighted by Crippen LogP contribution is 2.29. The van der Waals surface area contributed by atoms with Crippen LogP contribution in [0.3, 0.4) is 0 Å². The van der Waals surface area contributed by atoms with Gasteiger partial charge in [-0.1, -0.05) is 23.8 Å². The van der Waals surface area contributed by atoms with Crippen molar-refractivity contribution in [3.05, 3.63) is 51.3 Å². The number of ether oxygens (including phenoxy) is 1. The van der Waals surface area contributed by atoms with Crippen molar-refractivity contribution in [3.63, 3.8) is 0 Å². The minimum absolute atomic E-state index is 0.205. The summed E-state index contributed by atoms with van der Waals surface area (Å²) in [6, 6.07) is 6.14. The quantitative estimate of drug-likeness (QED) is 0.912. The van der Waals surface area contributed by atoms with E-state index in [2.05, 4.69) is 53.1 Å². The lowest BCUT2D eigenvalue weighted by atomic mass is 9.97. The molecule has 4 nitrogen and oxygen atoms in total. The van der Waals surface area contributed by atoms with Crippen LogP contribution in [-0.4, -0.2) is 23.5 Å². The molecule has 1 aromatic carbocycles. The molecule has 0 saturated heterocycles. The first kappa shape index (κ1) is 15.2. The third kappa shape index (κ3) is 3.11. The van der Waals surface area contributed by atoms with Crippen molar-refractivity contribution < 1.29 is 4.74 Å². The minimum Gasteiger partial charge on any atom is -0.383 e. The van der Waals surface area contributed by atoms with Crippen molar-refractivity contribution in [3.8, 4) is 0 Å². The number of hydrogen-bond acceptors (Lipinski definition) is 3. The largest absolute Gasteiger partial charge is 0.383 e. The molecule has 0 saturated carbocycles. The number of hydrogen-bond donors (Lipinski definition) is 1. The molecule has 0 aliphatic rings. The number of aryl methyl sites for hydroxylation is 2. The van der Waals surface area contributed by atoms with Crippen molar-refractivity contribution in [2.75, 3.05) is 13.7 Å². The van der Waals surface area contributed by atoms with E-state index in [1.54, 1.807) is 13.3 Å². The van der Waals surface area contributed by atoms with E-state index < -0.39 is 0 Å². The summed E-state index contributed by atoms with van der Waals surface area (Å²) >= 11 is 3.55. The van der Waals surface area contributed by atoms with E-state index in [9.17, 15) is 0 Å². The Labute approximate surface area is 128 Å². The molecule has 108 valence electrons. The number of methoxy groups -OCH3 is 1. The molecule has 0 aliphatic carbocycles. The van der Waals surface area contributed by atoms with Gasteiger partial charge >= 0.3 is 0 Å². The predicted octanol–water partition coefficient (Wildman–Crippen LogP) is 2.96. The van der Waals surface area contributed by atoms with Gasteiger partial charge in [-0.2, -0.15) is 5.10 Å². The summed E-state index contributed by atoms with van der Waals surface area (Å²) in [5.41, 5.74) is 11.0. The number of halogens is 1. The number of rotatable bonds is 5. The van der Waals surface area contributed by atoms with Crippen LogP contribution in [0.1, 0.15) is 28.4 Å². The van der Waals surface area contributed by atoms with Crippen LogP contribution in [-0.2, 0) is 11.3 Å². The average Bonchev–Trinajstić information content (AvgIpc) is 2.79. The lowest BCUT2D eigenvalue weighted by Gasteiger charge is -2.18. The molecule has 1 heterocycles. The minimum atomic E-state index is -0.205. The van der Waals surface area contributed by atoms with Gasteiger partial charge in [-0.15, -0.1) is 0 Å². The van der Waals surface area contributed by atoms with Gasteiger partial charge in [0, 0.05) is 7.11 Å². The molecule has 2 N–H and O–H groups in total. The van der Waals surface area contributed by atoms with Crippen LogP contribution in [0.2, 0.25) is 0 Å². The summed E-state index contributed by atoms with van der Waals surface area (Å²) in [7, 11) is 1.68. The second-order valence-electron chi connectivity index (χ2n) is 4.93. The normalized spacial score (nSPS) is 12.7. The molecule has 0 amide bonds. The third-order valence-corrected chi connectivity index (χ3v) is 4.02. The zero-order chi connectivity index (χ0) is 14.7. The van der Waals surface area contributed by atoms with E-state index in [1.807, 2.05) is 4.68 Å². The van der Waals surface area contributed by atoms with Gasteiger partial charge in [0.1, 0.15) is 0 Å². The van der Waals surface area contributed by atoms with Crippen molar-refractivity contribution in [2.24, 2.45) is 5.73 Å². The third-order valence-electron chi connectivity index (χ3n) is 3.40. The van der Waals surface area contributed by atoms with Crippen LogP contribution in [0.15, 0.2) is 28.9 Å². The predicted molar refractivity (Wildman–Crippen MR) is 83.7 cm³/mol. The van der Waals surface area contributed by atoms with Crippen LogP contribution in [0.25, 0.3) is 0 Å². The average molecular weight is 338 g/mol. The maximum absolute atomic E-state index is 6.47.